The summed E-state index contributed by atoms with van der Waals surface area (Å²) < 4.78 is 6.66. The van der Waals surface area contributed by atoms with Crippen LogP contribution in [0.3, 0.4) is 0 Å². The number of benzene rings is 1. The molecule has 1 saturated carbocycles. The number of fused-ring (bicyclic) bond motifs is 1. The second-order valence-electron chi connectivity index (χ2n) is 8.66. The molecule has 0 unspecified atom stereocenters. The van der Waals surface area contributed by atoms with Crippen LogP contribution in [0.5, 0.6) is 5.75 Å². The van der Waals surface area contributed by atoms with E-state index in [0.29, 0.717) is 40.9 Å². The zero-order valence-corrected chi connectivity index (χ0v) is 20.7. The largest absolute Gasteiger partial charge is 0.494 e. The molecule has 4 atom stereocenters. The van der Waals surface area contributed by atoms with Gasteiger partial charge < -0.3 is 20.1 Å². The summed E-state index contributed by atoms with van der Waals surface area (Å²) in [5, 5.41) is 14.5. The highest BCUT2D eigenvalue weighted by molar-refractivity contribution is 7.21. The number of thiazole rings is 1. The molecule has 9 heteroatoms. The molecular weight excluding hydrogens is 446 g/mol. The summed E-state index contributed by atoms with van der Waals surface area (Å²) in [6.45, 7) is 7.21. The summed E-state index contributed by atoms with van der Waals surface area (Å²) in [7, 11) is 3.79. The second kappa shape index (κ2) is 9.37. The van der Waals surface area contributed by atoms with Crippen molar-refractivity contribution in [2.24, 2.45) is 17.8 Å². The van der Waals surface area contributed by atoms with E-state index in [9.17, 15) is 5.11 Å². The maximum absolute atomic E-state index is 9.77. The van der Waals surface area contributed by atoms with E-state index < -0.39 is 0 Å². The van der Waals surface area contributed by atoms with E-state index in [0.717, 1.165) is 27.4 Å². The van der Waals surface area contributed by atoms with Crippen molar-refractivity contribution in [3.05, 3.63) is 23.4 Å². The molecule has 1 aliphatic rings. The van der Waals surface area contributed by atoms with Gasteiger partial charge in [0.05, 0.1) is 22.4 Å². The van der Waals surface area contributed by atoms with E-state index in [-0.39, 0.29) is 18.6 Å². The number of halogens is 1. The van der Waals surface area contributed by atoms with Crippen LogP contribution in [0.2, 0.25) is 5.15 Å². The fourth-order valence-electron chi connectivity index (χ4n) is 4.34. The van der Waals surface area contributed by atoms with E-state index in [1.165, 1.54) is 0 Å². The highest BCUT2D eigenvalue weighted by atomic mass is 35.5. The minimum atomic E-state index is 0.181. The quantitative estimate of drug-likeness (QED) is 0.468. The monoisotopic (exact) mass is 475 g/mol. The van der Waals surface area contributed by atoms with E-state index in [1.54, 1.807) is 11.3 Å². The van der Waals surface area contributed by atoms with Crippen LogP contribution in [0.15, 0.2) is 18.2 Å². The fourth-order valence-corrected chi connectivity index (χ4v) is 5.69. The Kier molecular flexibility index (Phi) is 6.74. The third-order valence-corrected chi connectivity index (χ3v) is 7.77. The van der Waals surface area contributed by atoms with E-state index in [1.807, 2.05) is 44.1 Å². The number of aliphatic hydroxyl groups excluding tert-OH is 1. The van der Waals surface area contributed by atoms with Gasteiger partial charge in [-0.05, 0) is 49.3 Å². The van der Waals surface area contributed by atoms with Crippen LogP contribution < -0.4 is 15.0 Å². The number of aliphatic hydroxyl groups is 1. The zero-order valence-electron chi connectivity index (χ0n) is 19.1. The molecule has 2 heterocycles. The van der Waals surface area contributed by atoms with Gasteiger partial charge >= 0.3 is 0 Å². The molecule has 32 heavy (non-hydrogen) atoms. The molecule has 172 valence electrons. The fraction of sp³-hybridized carbons (Fsp3) is 0.522. The maximum atomic E-state index is 9.77. The topological polar surface area (TPSA) is 83.4 Å². The summed E-state index contributed by atoms with van der Waals surface area (Å²) >= 11 is 8.26. The van der Waals surface area contributed by atoms with Crippen molar-refractivity contribution in [1.29, 1.82) is 0 Å². The third-order valence-electron chi connectivity index (χ3n) is 6.46. The van der Waals surface area contributed by atoms with Crippen molar-refractivity contribution in [3.8, 4) is 16.3 Å². The van der Waals surface area contributed by atoms with Crippen LogP contribution in [0.25, 0.3) is 20.8 Å². The Hall–Kier alpha value is -2.16. The van der Waals surface area contributed by atoms with Gasteiger partial charge in [0.1, 0.15) is 21.7 Å². The third kappa shape index (κ3) is 4.36. The van der Waals surface area contributed by atoms with Gasteiger partial charge in [-0.1, -0.05) is 25.4 Å². The number of ether oxygens (including phenoxy) is 1. The molecule has 2 N–H and O–H groups in total. The highest BCUT2D eigenvalue weighted by Crippen LogP contribution is 2.42. The van der Waals surface area contributed by atoms with Crippen LogP contribution >= 0.6 is 22.9 Å². The lowest BCUT2D eigenvalue weighted by Crippen LogP contribution is -2.26. The van der Waals surface area contributed by atoms with Crippen LogP contribution in [-0.2, 0) is 0 Å². The van der Waals surface area contributed by atoms with Gasteiger partial charge in [0.25, 0.3) is 0 Å². The molecule has 0 saturated heterocycles. The van der Waals surface area contributed by atoms with Crippen LogP contribution in [0.4, 0.5) is 11.8 Å². The Balaban J connectivity index is 1.77. The van der Waals surface area contributed by atoms with Gasteiger partial charge in [-0.25, -0.2) is 9.97 Å². The Morgan fingerprint density at radius 1 is 1.22 bits per heavy atom. The number of nitrogens with zero attached hydrogens (tertiary/aromatic N) is 4. The second-order valence-corrected chi connectivity index (χ2v) is 10.1. The number of anilines is 2. The van der Waals surface area contributed by atoms with Gasteiger partial charge in [-0.15, -0.1) is 11.3 Å². The van der Waals surface area contributed by atoms with Crippen LogP contribution in [0.1, 0.15) is 27.2 Å². The predicted octanol–water partition coefficient (Wildman–Crippen LogP) is 4.94. The van der Waals surface area contributed by atoms with Crippen molar-refractivity contribution in [2.45, 2.75) is 33.2 Å². The summed E-state index contributed by atoms with van der Waals surface area (Å²) in [5.41, 5.74) is 1.60. The van der Waals surface area contributed by atoms with Gasteiger partial charge in [-0.3, -0.25) is 0 Å². The van der Waals surface area contributed by atoms with Gasteiger partial charge in [-0.2, -0.15) is 4.98 Å². The van der Waals surface area contributed by atoms with Gasteiger partial charge in [0.2, 0.25) is 5.95 Å². The maximum Gasteiger partial charge on any atom is 0.228 e. The van der Waals surface area contributed by atoms with Crippen molar-refractivity contribution in [1.82, 2.24) is 15.0 Å². The first-order chi connectivity index (χ1) is 15.3. The first-order valence-corrected chi connectivity index (χ1v) is 12.2. The smallest absolute Gasteiger partial charge is 0.228 e. The molecule has 7 nitrogen and oxygen atoms in total. The normalized spacial score (nSPS) is 23.0. The zero-order chi connectivity index (χ0) is 23.0. The molecule has 3 aromatic rings. The lowest BCUT2D eigenvalue weighted by Gasteiger charge is -2.23. The summed E-state index contributed by atoms with van der Waals surface area (Å²) in [6.07, 6.45) is 0.884. The van der Waals surface area contributed by atoms with Crippen molar-refractivity contribution < 1.29 is 9.84 Å². The molecule has 0 bridgehead atoms. The number of rotatable bonds is 7. The molecule has 0 amide bonds. The molecule has 1 fully saturated rings. The van der Waals surface area contributed by atoms with Crippen molar-refractivity contribution in [2.75, 3.05) is 37.5 Å². The lowest BCUT2D eigenvalue weighted by atomic mass is 9.92. The number of hydrogen-bond acceptors (Lipinski definition) is 8. The summed E-state index contributed by atoms with van der Waals surface area (Å²) in [4.78, 5) is 16.0. The number of hydrogen-bond donors (Lipinski definition) is 2. The first-order valence-electron chi connectivity index (χ1n) is 11.0. The standard InChI is InChI=1S/C23H30ClN5O2S/c1-6-31-15-7-8-16-18(10-15)32-22(26-16)19-20(24)27-23(29(4)5)28-21(19)25-17-9-14(11-30)12(2)13(17)3/h7-8,10,12-14,17,30H,6,9,11H2,1-5H3,(H,25,27,28)/t12-,13+,14+,17+/m0/s1. The van der Waals surface area contributed by atoms with Gasteiger partial charge in [0.15, 0.2) is 0 Å². The summed E-state index contributed by atoms with van der Waals surface area (Å²) in [6, 6.07) is 6.07. The molecule has 0 spiro atoms. The Labute approximate surface area is 197 Å². The minimum Gasteiger partial charge on any atom is -0.494 e. The Morgan fingerprint density at radius 3 is 2.66 bits per heavy atom. The molecule has 4 rings (SSSR count). The first kappa shape index (κ1) is 23.0. The molecule has 2 aromatic heterocycles. The average Bonchev–Trinajstić information content (AvgIpc) is 3.29. The average molecular weight is 476 g/mol. The van der Waals surface area contributed by atoms with Crippen molar-refractivity contribution >= 4 is 44.9 Å². The Bertz CT molecular complexity index is 1110. The number of nitrogens with one attached hydrogen (secondary N) is 1. The minimum absolute atomic E-state index is 0.181. The molecule has 1 aliphatic carbocycles. The van der Waals surface area contributed by atoms with Crippen LogP contribution in [0, 0.1) is 17.8 Å². The molecule has 1 aromatic carbocycles. The molecular formula is C23H30ClN5O2S. The Morgan fingerprint density at radius 2 is 2.00 bits per heavy atom. The van der Waals surface area contributed by atoms with E-state index >= 15 is 0 Å². The van der Waals surface area contributed by atoms with Crippen LogP contribution in [-0.4, -0.2) is 53.4 Å². The van der Waals surface area contributed by atoms with Gasteiger partial charge in [0, 0.05) is 26.7 Å². The SMILES string of the molecule is CCOc1ccc2nc(-c3c(Cl)nc(N(C)C)nc3N[C@@H]3C[C@H](CO)[C@@H](C)[C@H]3C)sc2c1. The molecule has 0 aliphatic heterocycles. The van der Waals surface area contributed by atoms with E-state index in [4.69, 9.17) is 26.3 Å². The summed E-state index contributed by atoms with van der Waals surface area (Å²) in [5.74, 6) is 3.13. The predicted molar refractivity (Wildman–Crippen MR) is 132 cm³/mol. The van der Waals surface area contributed by atoms with E-state index in [2.05, 4.69) is 24.1 Å². The van der Waals surface area contributed by atoms with Crippen molar-refractivity contribution in [3.63, 3.8) is 0 Å². The lowest BCUT2D eigenvalue weighted by molar-refractivity contribution is 0.191. The number of aromatic nitrogens is 3. The highest BCUT2D eigenvalue weighted by Gasteiger charge is 2.38. The molecule has 0 radical (unpaired) electrons.